The van der Waals surface area contributed by atoms with Crippen molar-refractivity contribution in [1.29, 1.82) is 0 Å². The highest BCUT2D eigenvalue weighted by Crippen LogP contribution is 2.28. The van der Waals surface area contributed by atoms with Crippen molar-refractivity contribution in [2.24, 2.45) is 0 Å². The standard InChI is InChI=1S/C24H28N4O/c1-2-6-19(5-1)25-21-13-9-17(10-14-21)23-27-28-24(29-23)18-11-15-22(16-12-18)26-20-7-3-4-8-20/h9-16,19-20,25-26H,1-8H2. The van der Waals surface area contributed by atoms with Gasteiger partial charge in [-0.25, -0.2) is 0 Å². The van der Waals surface area contributed by atoms with Crippen LogP contribution in [0.5, 0.6) is 0 Å². The fraction of sp³-hybridized carbons (Fsp3) is 0.417. The number of hydrogen-bond acceptors (Lipinski definition) is 5. The van der Waals surface area contributed by atoms with E-state index in [2.05, 4.69) is 45.1 Å². The number of rotatable bonds is 6. The molecular weight excluding hydrogens is 360 g/mol. The van der Waals surface area contributed by atoms with Gasteiger partial charge in [0.1, 0.15) is 0 Å². The quantitative estimate of drug-likeness (QED) is 0.533. The van der Waals surface area contributed by atoms with E-state index in [0.29, 0.717) is 23.9 Å². The van der Waals surface area contributed by atoms with Gasteiger partial charge in [-0.1, -0.05) is 25.7 Å². The lowest BCUT2D eigenvalue weighted by molar-refractivity contribution is 0.584. The van der Waals surface area contributed by atoms with Crippen molar-refractivity contribution in [3.8, 4) is 22.9 Å². The monoisotopic (exact) mass is 388 g/mol. The van der Waals surface area contributed by atoms with Gasteiger partial charge < -0.3 is 15.1 Å². The van der Waals surface area contributed by atoms with Crippen LogP contribution < -0.4 is 10.6 Å². The third-order valence-electron chi connectivity index (χ3n) is 6.14. The smallest absolute Gasteiger partial charge is 0.248 e. The van der Waals surface area contributed by atoms with Gasteiger partial charge in [-0.05, 0) is 74.2 Å². The Morgan fingerprint density at radius 1 is 0.586 bits per heavy atom. The summed E-state index contributed by atoms with van der Waals surface area (Å²) in [5.41, 5.74) is 4.21. The van der Waals surface area contributed by atoms with E-state index in [4.69, 9.17) is 4.42 Å². The Balaban J connectivity index is 1.25. The minimum Gasteiger partial charge on any atom is -0.416 e. The van der Waals surface area contributed by atoms with Crippen LogP contribution in [-0.4, -0.2) is 22.3 Å². The van der Waals surface area contributed by atoms with Gasteiger partial charge in [-0.2, -0.15) is 0 Å². The summed E-state index contributed by atoms with van der Waals surface area (Å²) in [4.78, 5) is 0. The third-order valence-corrected chi connectivity index (χ3v) is 6.14. The highest BCUT2D eigenvalue weighted by Gasteiger charge is 2.16. The molecule has 5 heteroatoms. The molecule has 2 fully saturated rings. The van der Waals surface area contributed by atoms with E-state index >= 15 is 0 Å². The summed E-state index contributed by atoms with van der Waals surface area (Å²) in [6.07, 6.45) is 10.4. The Kier molecular flexibility index (Phi) is 5.20. The first kappa shape index (κ1) is 18.2. The minimum absolute atomic E-state index is 0.556. The number of benzene rings is 2. The molecule has 1 aromatic heterocycles. The van der Waals surface area contributed by atoms with Gasteiger partial charge in [0.25, 0.3) is 0 Å². The Morgan fingerprint density at radius 2 is 0.966 bits per heavy atom. The van der Waals surface area contributed by atoms with Gasteiger partial charge >= 0.3 is 0 Å². The second kappa shape index (κ2) is 8.27. The Morgan fingerprint density at radius 3 is 1.34 bits per heavy atom. The van der Waals surface area contributed by atoms with Crippen LogP contribution >= 0.6 is 0 Å². The molecule has 0 amide bonds. The third kappa shape index (κ3) is 4.29. The molecule has 150 valence electrons. The van der Waals surface area contributed by atoms with E-state index in [1.807, 2.05) is 24.3 Å². The second-order valence-corrected chi connectivity index (χ2v) is 8.32. The predicted octanol–water partition coefficient (Wildman–Crippen LogP) is 6.11. The summed E-state index contributed by atoms with van der Waals surface area (Å²) < 4.78 is 5.94. The van der Waals surface area contributed by atoms with Gasteiger partial charge in [0.15, 0.2) is 0 Å². The van der Waals surface area contributed by atoms with Crippen LogP contribution in [-0.2, 0) is 0 Å². The summed E-state index contributed by atoms with van der Waals surface area (Å²) >= 11 is 0. The molecule has 0 spiro atoms. The van der Waals surface area contributed by atoms with Gasteiger partial charge in [0, 0.05) is 34.6 Å². The van der Waals surface area contributed by atoms with Gasteiger partial charge in [0.2, 0.25) is 11.8 Å². The Hall–Kier alpha value is -2.82. The van der Waals surface area contributed by atoms with E-state index in [9.17, 15) is 0 Å². The van der Waals surface area contributed by atoms with Crippen molar-refractivity contribution in [2.45, 2.75) is 63.5 Å². The molecule has 2 aliphatic carbocycles. The molecule has 1 heterocycles. The number of aromatic nitrogens is 2. The number of nitrogens with zero attached hydrogens (tertiary/aromatic N) is 2. The minimum atomic E-state index is 0.556. The SMILES string of the molecule is c1cc(-c2nnc(-c3ccc(NC4CCCC4)cc3)o2)ccc1NC1CCCC1. The molecule has 29 heavy (non-hydrogen) atoms. The molecule has 0 unspecified atom stereocenters. The average Bonchev–Trinajstić information content (AvgIpc) is 3.52. The van der Waals surface area contributed by atoms with Gasteiger partial charge in [-0.15, -0.1) is 10.2 Å². The second-order valence-electron chi connectivity index (χ2n) is 8.32. The van der Waals surface area contributed by atoms with Crippen LogP contribution in [0.4, 0.5) is 11.4 Å². The molecule has 0 atom stereocenters. The number of nitrogens with one attached hydrogen (secondary N) is 2. The predicted molar refractivity (Wildman–Crippen MR) is 117 cm³/mol. The van der Waals surface area contributed by atoms with Crippen LogP contribution in [0.3, 0.4) is 0 Å². The molecule has 0 aliphatic heterocycles. The highest BCUT2D eigenvalue weighted by atomic mass is 16.4. The molecule has 0 radical (unpaired) electrons. The normalized spacial score (nSPS) is 17.7. The van der Waals surface area contributed by atoms with Crippen LogP contribution in [0.15, 0.2) is 52.9 Å². The van der Waals surface area contributed by atoms with Crippen LogP contribution in [0.1, 0.15) is 51.4 Å². The first-order chi connectivity index (χ1) is 14.3. The van der Waals surface area contributed by atoms with Crippen molar-refractivity contribution in [1.82, 2.24) is 10.2 Å². The maximum absolute atomic E-state index is 5.94. The molecule has 5 nitrogen and oxygen atoms in total. The molecule has 2 N–H and O–H groups in total. The molecule has 0 bridgehead atoms. The Bertz CT molecular complexity index is 844. The summed E-state index contributed by atoms with van der Waals surface area (Å²) in [5, 5.41) is 15.7. The van der Waals surface area contributed by atoms with Crippen molar-refractivity contribution in [3.63, 3.8) is 0 Å². The zero-order valence-corrected chi connectivity index (χ0v) is 16.7. The fourth-order valence-electron chi connectivity index (χ4n) is 4.49. The van der Waals surface area contributed by atoms with Gasteiger partial charge in [-0.3, -0.25) is 0 Å². The molecule has 0 saturated heterocycles. The lowest BCUT2D eigenvalue weighted by Gasteiger charge is -2.13. The summed E-state index contributed by atoms with van der Waals surface area (Å²) in [6.45, 7) is 0. The molecule has 2 saturated carbocycles. The maximum atomic E-state index is 5.94. The van der Waals surface area contributed by atoms with Crippen molar-refractivity contribution in [2.75, 3.05) is 10.6 Å². The first-order valence-corrected chi connectivity index (χ1v) is 10.9. The lowest BCUT2D eigenvalue weighted by atomic mass is 10.1. The van der Waals surface area contributed by atoms with Crippen molar-refractivity contribution in [3.05, 3.63) is 48.5 Å². The van der Waals surface area contributed by atoms with E-state index in [0.717, 1.165) is 22.5 Å². The molecule has 2 aromatic carbocycles. The number of anilines is 2. The van der Waals surface area contributed by atoms with E-state index in [-0.39, 0.29) is 0 Å². The Labute approximate surface area is 171 Å². The maximum Gasteiger partial charge on any atom is 0.248 e. The first-order valence-electron chi connectivity index (χ1n) is 10.9. The summed E-state index contributed by atoms with van der Waals surface area (Å²) in [5.74, 6) is 1.11. The summed E-state index contributed by atoms with van der Waals surface area (Å²) in [6, 6.07) is 17.8. The van der Waals surface area contributed by atoms with E-state index < -0.39 is 0 Å². The topological polar surface area (TPSA) is 63.0 Å². The highest BCUT2D eigenvalue weighted by molar-refractivity contribution is 5.62. The van der Waals surface area contributed by atoms with Crippen molar-refractivity contribution >= 4 is 11.4 Å². The van der Waals surface area contributed by atoms with Crippen molar-refractivity contribution < 1.29 is 4.42 Å². The van der Waals surface area contributed by atoms with E-state index in [1.54, 1.807) is 0 Å². The fourth-order valence-corrected chi connectivity index (χ4v) is 4.49. The molecule has 2 aliphatic rings. The zero-order valence-electron chi connectivity index (χ0n) is 16.7. The number of hydrogen-bond donors (Lipinski definition) is 2. The van der Waals surface area contributed by atoms with E-state index in [1.165, 1.54) is 51.4 Å². The van der Waals surface area contributed by atoms with Crippen LogP contribution in [0.25, 0.3) is 22.9 Å². The molecule has 3 aromatic rings. The average molecular weight is 389 g/mol. The molecule has 5 rings (SSSR count). The largest absolute Gasteiger partial charge is 0.416 e. The lowest BCUT2D eigenvalue weighted by Crippen LogP contribution is -2.14. The zero-order chi connectivity index (χ0) is 19.5. The van der Waals surface area contributed by atoms with Gasteiger partial charge in [0.05, 0.1) is 0 Å². The molecular formula is C24H28N4O. The summed E-state index contributed by atoms with van der Waals surface area (Å²) in [7, 11) is 0. The van der Waals surface area contributed by atoms with Crippen LogP contribution in [0.2, 0.25) is 0 Å². The van der Waals surface area contributed by atoms with Crippen LogP contribution in [0, 0.1) is 0 Å².